The van der Waals surface area contributed by atoms with Gasteiger partial charge in [0.05, 0.1) is 18.3 Å². The molecule has 3 fully saturated rings. The molecule has 3 aliphatic rings. The Morgan fingerprint density at radius 3 is 2.10 bits per heavy atom. The van der Waals surface area contributed by atoms with Crippen LogP contribution < -0.4 is 0 Å². The van der Waals surface area contributed by atoms with Gasteiger partial charge in [0.1, 0.15) is 0 Å². The summed E-state index contributed by atoms with van der Waals surface area (Å²) in [5.41, 5.74) is 0.0738. The fourth-order valence-electron chi connectivity index (χ4n) is 5.61. The Morgan fingerprint density at radius 2 is 1.52 bits per heavy atom. The van der Waals surface area contributed by atoms with E-state index in [1.807, 2.05) is 0 Å². The van der Waals surface area contributed by atoms with Crippen molar-refractivity contribution in [3.63, 3.8) is 0 Å². The van der Waals surface area contributed by atoms with Crippen molar-refractivity contribution in [1.29, 1.82) is 0 Å². The van der Waals surface area contributed by atoms with Crippen LogP contribution in [-0.2, 0) is 10.9 Å². The zero-order chi connectivity index (χ0) is 20.3. The summed E-state index contributed by atoms with van der Waals surface area (Å²) in [6.07, 6.45) is 7.59. The normalized spacial score (nSPS) is 27.2. The number of alkyl halides is 3. The lowest BCUT2D eigenvalue weighted by molar-refractivity contribution is -0.137. The molecule has 1 radical (unpaired) electrons. The van der Waals surface area contributed by atoms with Crippen molar-refractivity contribution in [2.24, 2.45) is 11.8 Å². The molecule has 2 aliphatic carbocycles. The summed E-state index contributed by atoms with van der Waals surface area (Å²) in [5.74, 6) is 1.45. The third-order valence-electron chi connectivity index (χ3n) is 7.12. The Morgan fingerprint density at radius 1 is 0.897 bits per heavy atom. The van der Waals surface area contributed by atoms with Crippen LogP contribution in [-0.4, -0.2) is 24.0 Å². The molecule has 1 saturated heterocycles. The lowest BCUT2D eigenvalue weighted by atomic mass is 9.91. The van der Waals surface area contributed by atoms with Crippen molar-refractivity contribution in [2.75, 3.05) is 13.1 Å². The minimum absolute atomic E-state index is 0.157. The number of nitrogens with zero attached hydrogens (tertiary/aromatic N) is 1. The summed E-state index contributed by atoms with van der Waals surface area (Å²) in [6, 6.07) is 5.92. The van der Waals surface area contributed by atoms with E-state index < -0.39 is 11.7 Å². The van der Waals surface area contributed by atoms with Gasteiger partial charge in [-0.25, -0.2) is 0 Å². The molecule has 0 N–H and O–H groups in total. The van der Waals surface area contributed by atoms with Crippen molar-refractivity contribution >= 4 is 0 Å². The summed E-state index contributed by atoms with van der Waals surface area (Å²) in [4.78, 5) is 2.60. The smallest absolute Gasteiger partial charge is 0.366 e. The van der Waals surface area contributed by atoms with E-state index in [1.165, 1.54) is 63.5 Å². The summed E-state index contributed by atoms with van der Waals surface area (Å²) in [6.45, 7) is 3.94. The molecule has 2 saturated carbocycles. The van der Waals surface area contributed by atoms with E-state index >= 15 is 0 Å². The van der Waals surface area contributed by atoms with Crippen molar-refractivity contribution in [1.82, 2.24) is 4.90 Å². The fourth-order valence-corrected chi connectivity index (χ4v) is 5.61. The maximum absolute atomic E-state index is 13.3. The van der Waals surface area contributed by atoms with E-state index in [4.69, 9.17) is 4.74 Å². The number of rotatable bonds is 6. The Balaban J connectivity index is 1.56. The van der Waals surface area contributed by atoms with Crippen molar-refractivity contribution < 1.29 is 17.9 Å². The van der Waals surface area contributed by atoms with Crippen LogP contribution in [0, 0.1) is 18.4 Å². The van der Waals surface area contributed by atoms with Crippen LogP contribution in [0.1, 0.15) is 81.4 Å². The molecule has 0 unspecified atom stereocenters. The van der Waals surface area contributed by atoms with E-state index in [1.54, 1.807) is 12.7 Å². The first-order chi connectivity index (χ1) is 14.0. The maximum atomic E-state index is 13.3. The van der Waals surface area contributed by atoms with Gasteiger partial charge in [0.2, 0.25) is 0 Å². The molecule has 161 valence electrons. The minimum atomic E-state index is -4.32. The quantitative estimate of drug-likeness (QED) is 0.515. The number of hydrogen-bond donors (Lipinski definition) is 0. The molecule has 1 aromatic rings. The molecule has 2 atom stereocenters. The third kappa shape index (κ3) is 5.35. The highest BCUT2D eigenvalue weighted by Crippen LogP contribution is 2.39. The topological polar surface area (TPSA) is 12.5 Å². The predicted molar refractivity (Wildman–Crippen MR) is 108 cm³/mol. The minimum Gasteiger partial charge on any atom is -0.366 e. The van der Waals surface area contributed by atoms with Gasteiger partial charge in [0.25, 0.3) is 0 Å². The third-order valence-corrected chi connectivity index (χ3v) is 7.12. The molecule has 5 heteroatoms. The second-order valence-electron chi connectivity index (χ2n) is 9.25. The van der Waals surface area contributed by atoms with Crippen LogP contribution in [0.4, 0.5) is 13.2 Å². The summed E-state index contributed by atoms with van der Waals surface area (Å²) < 4.78 is 45.8. The van der Waals surface area contributed by atoms with E-state index in [0.29, 0.717) is 5.56 Å². The molecule has 1 aliphatic heterocycles. The molecular formula is C24H33F3NO. The second-order valence-corrected chi connectivity index (χ2v) is 9.25. The predicted octanol–water partition coefficient (Wildman–Crippen LogP) is 6.77. The first-order valence-electron chi connectivity index (χ1n) is 11.4. The number of halogens is 3. The van der Waals surface area contributed by atoms with Gasteiger partial charge < -0.3 is 4.74 Å². The fraction of sp³-hybridized carbons (Fsp3) is 0.708. The largest absolute Gasteiger partial charge is 0.416 e. The van der Waals surface area contributed by atoms with E-state index in [9.17, 15) is 13.2 Å². The van der Waals surface area contributed by atoms with Gasteiger partial charge in [-0.05, 0) is 68.1 Å². The zero-order valence-corrected chi connectivity index (χ0v) is 17.2. The van der Waals surface area contributed by atoms with Crippen LogP contribution in [0.25, 0.3) is 0 Å². The molecule has 29 heavy (non-hydrogen) atoms. The van der Waals surface area contributed by atoms with Gasteiger partial charge >= 0.3 is 6.18 Å². The van der Waals surface area contributed by atoms with Crippen LogP contribution in [0.2, 0.25) is 0 Å². The van der Waals surface area contributed by atoms with Gasteiger partial charge in [-0.3, -0.25) is 4.90 Å². The lowest BCUT2D eigenvalue weighted by Gasteiger charge is -2.42. The van der Waals surface area contributed by atoms with Crippen LogP contribution in [0.15, 0.2) is 24.3 Å². The first kappa shape index (κ1) is 21.2. The SMILES string of the molecule is FC(F)(F)c1cccc([C@@H]2O[CH]CC[C@H]2N(CC2CCCC2)CC2CCCC2)c1. The molecular weight excluding hydrogens is 375 g/mol. The zero-order valence-electron chi connectivity index (χ0n) is 17.2. The summed E-state index contributed by atoms with van der Waals surface area (Å²) in [5, 5.41) is 0. The molecule has 0 bridgehead atoms. The number of benzene rings is 1. The number of ether oxygens (including phenoxy) is 1. The van der Waals surface area contributed by atoms with Crippen molar-refractivity contribution in [3.05, 3.63) is 42.0 Å². The van der Waals surface area contributed by atoms with Crippen LogP contribution >= 0.6 is 0 Å². The standard InChI is InChI=1S/C24H33F3NO/c25-24(26,27)21-12-5-11-20(15-21)23-22(13-6-14-29-23)28(16-18-7-1-2-8-18)17-19-9-3-4-10-19/h5,11-12,14-15,18-19,22-23H,1-4,6-10,13,16-17H2/t22-,23+/m1/s1. The molecule has 4 rings (SSSR count). The Bertz CT molecular complexity index is 632. The summed E-state index contributed by atoms with van der Waals surface area (Å²) in [7, 11) is 0. The monoisotopic (exact) mass is 408 g/mol. The highest BCUT2D eigenvalue weighted by Gasteiger charge is 2.37. The van der Waals surface area contributed by atoms with Crippen LogP contribution in [0.3, 0.4) is 0 Å². The van der Waals surface area contributed by atoms with E-state index in [-0.39, 0.29) is 12.1 Å². The average Bonchev–Trinajstić information content (AvgIpc) is 3.41. The Kier molecular flexibility index (Phi) is 6.85. The van der Waals surface area contributed by atoms with Gasteiger partial charge in [0.15, 0.2) is 0 Å². The number of hydrogen-bond acceptors (Lipinski definition) is 2. The molecule has 1 heterocycles. The Hall–Kier alpha value is -1.07. The van der Waals surface area contributed by atoms with E-state index in [0.717, 1.165) is 43.8 Å². The highest BCUT2D eigenvalue weighted by atomic mass is 19.4. The Labute approximate surface area is 172 Å². The molecule has 0 spiro atoms. The summed E-state index contributed by atoms with van der Waals surface area (Å²) >= 11 is 0. The molecule has 1 aromatic carbocycles. The van der Waals surface area contributed by atoms with Gasteiger partial charge in [0, 0.05) is 19.1 Å². The first-order valence-corrected chi connectivity index (χ1v) is 11.4. The van der Waals surface area contributed by atoms with Gasteiger partial charge in [-0.1, -0.05) is 37.8 Å². The lowest BCUT2D eigenvalue weighted by Crippen LogP contribution is -2.46. The van der Waals surface area contributed by atoms with E-state index in [2.05, 4.69) is 4.90 Å². The average molecular weight is 409 g/mol. The maximum Gasteiger partial charge on any atom is 0.416 e. The second kappa shape index (κ2) is 9.38. The highest BCUT2D eigenvalue weighted by molar-refractivity contribution is 5.28. The van der Waals surface area contributed by atoms with Crippen molar-refractivity contribution in [2.45, 2.75) is 82.5 Å². The van der Waals surface area contributed by atoms with Crippen LogP contribution in [0.5, 0.6) is 0 Å². The van der Waals surface area contributed by atoms with Gasteiger partial charge in [-0.15, -0.1) is 0 Å². The molecule has 2 nitrogen and oxygen atoms in total. The molecule has 0 amide bonds. The van der Waals surface area contributed by atoms with Crippen molar-refractivity contribution in [3.8, 4) is 0 Å². The molecule has 0 aromatic heterocycles. The van der Waals surface area contributed by atoms with Gasteiger partial charge in [-0.2, -0.15) is 13.2 Å².